The van der Waals surface area contributed by atoms with Gasteiger partial charge >= 0.3 is 0 Å². The van der Waals surface area contributed by atoms with Crippen LogP contribution in [0.5, 0.6) is 0 Å². The molecule has 2 aliphatic heterocycles. The van der Waals surface area contributed by atoms with Gasteiger partial charge in [-0.3, -0.25) is 42.7 Å². The van der Waals surface area contributed by atoms with Crippen LogP contribution in [0.4, 0.5) is 17.3 Å². The predicted octanol–water partition coefficient (Wildman–Crippen LogP) is 10.9. The van der Waals surface area contributed by atoms with Crippen LogP contribution in [0.25, 0.3) is 0 Å². The molecule has 19 nitrogen and oxygen atoms in total. The van der Waals surface area contributed by atoms with Crippen molar-refractivity contribution in [3.63, 3.8) is 0 Å². The van der Waals surface area contributed by atoms with E-state index in [1.807, 2.05) is 125 Å². The summed E-state index contributed by atoms with van der Waals surface area (Å²) in [6.45, 7) is 35.8. The Hall–Kier alpha value is -5.48. The Bertz CT molecular complexity index is 3150. The van der Waals surface area contributed by atoms with Gasteiger partial charge in [0.15, 0.2) is 0 Å². The number of H-pyrrole nitrogens is 1. The van der Waals surface area contributed by atoms with Crippen LogP contribution >= 0.6 is 66.7 Å². The number of aromatic amines is 1. The fraction of sp³-hybridized carbons (Fsp3) is 0.491. The number of carbonyl (C=O) groups is 4. The van der Waals surface area contributed by atoms with E-state index in [4.69, 9.17) is 46.3 Å². The summed E-state index contributed by atoms with van der Waals surface area (Å²) in [5.41, 5.74) is 5.76. The second-order valence-corrected chi connectivity index (χ2v) is 27.2. The molecule has 0 spiro atoms. The number of primary amides is 1. The molecule has 0 radical (unpaired) electrons. The van der Waals surface area contributed by atoms with E-state index in [1.165, 1.54) is 40.0 Å². The number of rotatable bonds is 3. The number of nitrogens with two attached hydrogens (primary N) is 2. The number of amides is 3. The van der Waals surface area contributed by atoms with E-state index in [0.717, 1.165) is 0 Å². The normalized spacial score (nSPS) is 14.5. The lowest BCUT2D eigenvalue weighted by molar-refractivity contribution is -0.134. The maximum Gasteiger partial charge on any atom is 0.276 e. The predicted molar refractivity (Wildman–Crippen MR) is 312 cm³/mol. The molecule has 0 atom stereocenters. The summed E-state index contributed by atoms with van der Waals surface area (Å²) in [6.07, 6.45) is 5.97. The van der Waals surface area contributed by atoms with Gasteiger partial charge in [0.2, 0.25) is 0 Å². The zero-order valence-corrected chi connectivity index (χ0v) is 52.2. The quantitative estimate of drug-likeness (QED) is 0.0981. The molecule has 0 saturated heterocycles. The average Bonchev–Trinajstić information content (AvgIpc) is 3.81. The summed E-state index contributed by atoms with van der Waals surface area (Å²) in [5.74, 6) is -0.127. The third-order valence-corrected chi connectivity index (χ3v) is 14.3. The number of nitrogens with one attached hydrogen (secondary N) is 4. The van der Waals surface area contributed by atoms with Crippen molar-refractivity contribution in [2.75, 3.05) is 11.1 Å². The zero-order valence-electron chi connectivity index (χ0n) is 46.8. The number of nitrogens with zero attached hydrogens (tertiary/aromatic N) is 6. The van der Waals surface area contributed by atoms with Crippen molar-refractivity contribution in [3.8, 4) is 0 Å². The van der Waals surface area contributed by atoms with Gasteiger partial charge in [-0.25, -0.2) is 19.9 Å². The van der Waals surface area contributed by atoms with E-state index in [0.29, 0.717) is 21.9 Å². The van der Waals surface area contributed by atoms with Crippen LogP contribution in [-0.2, 0) is 16.1 Å². The molecule has 2 aliphatic rings. The first-order valence-corrected chi connectivity index (χ1v) is 26.7. The maximum atomic E-state index is 13.5. The molecule has 0 aromatic carbocycles. The van der Waals surface area contributed by atoms with E-state index < -0.39 is 33.6 Å². The van der Waals surface area contributed by atoms with E-state index in [9.17, 15) is 33.6 Å². The van der Waals surface area contributed by atoms with Gasteiger partial charge in [0.25, 0.3) is 34.4 Å². The SMILES string of the molecule is CC(C)(C)C(=O)C(C)(C)C.CC(C)(C)C1(C(C)(C)C)NC(=O)c2c(Cl)cc(Br)c(=O)n21.CC(C)(C)C1(C(C)(C)C)NC(=O)c2c(Cl)cc(Nc3ccncn3)c(=O)n21.NC(=O)c1[nH]c(=O)c(Br)cc1Cl.Nc1ccncn1. The number of hydrogen-bond acceptors (Lipinski definition) is 13. The molecule has 420 valence electrons. The van der Waals surface area contributed by atoms with Gasteiger partial charge in [-0.2, -0.15) is 0 Å². The Labute approximate surface area is 481 Å². The van der Waals surface area contributed by atoms with Crippen LogP contribution in [0.15, 0.2) is 78.7 Å². The molecular formula is C53H71Br2Cl3N12O7. The minimum absolute atomic E-state index is 0.0788. The minimum atomic E-state index is -0.962. The first-order chi connectivity index (χ1) is 34.8. The maximum absolute atomic E-state index is 13.5. The van der Waals surface area contributed by atoms with E-state index in [-0.39, 0.29) is 86.9 Å². The molecule has 8 N–H and O–H groups in total. The number of fused-ring (bicyclic) bond motifs is 2. The molecule has 0 saturated carbocycles. The van der Waals surface area contributed by atoms with Crippen LogP contribution in [-0.4, -0.2) is 57.6 Å². The average molecular weight is 1250 g/mol. The van der Waals surface area contributed by atoms with Gasteiger partial charge < -0.3 is 32.4 Å². The van der Waals surface area contributed by atoms with Gasteiger partial charge in [-0.05, 0) is 62.2 Å². The van der Waals surface area contributed by atoms with E-state index in [2.05, 4.69) is 72.7 Å². The van der Waals surface area contributed by atoms with Crippen LogP contribution in [0.1, 0.15) is 156 Å². The Morgan fingerprint density at radius 2 is 1.00 bits per heavy atom. The number of carbonyl (C=O) groups excluding carboxylic acids is 4. The largest absolute Gasteiger partial charge is 0.384 e. The Morgan fingerprint density at radius 3 is 1.34 bits per heavy atom. The fourth-order valence-corrected chi connectivity index (χ4v) is 11.6. The molecule has 0 unspecified atom stereocenters. The van der Waals surface area contributed by atoms with Crippen molar-refractivity contribution in [1.29, 1.82) is 0 Å². The molecular weight excluding hydrogens is 1180 g/mol. The number of anilines is 3. The van der Waals surface area contributed by atoms with Crippen LogP contribution in [0.2, 0.25) is 15.1 Å². The number of ketones is 1. The summed E-state index contributed by atoms with van der Waals surface area (Å²) < 4.78 is 3.66. The summed E-state index contributed by atoms with van der Waals surface area (Å²) in [6, 6.07) is 7.56. The van der Waals surface area contributed by atoms with Gasteiger partial charge in [-0.15, -0.1) is 0 Å². The number of pyridine rings is 3. The Balaban J connectivity index is 0.000000275. The van der Waals surface area contributed by atoms with Crippen molar-refractivity contribution >= 4 is 107 Å². The van der Waals surface area contributed by atoms with Gasteiger partial charge in [-0.1, -0.05) is 159 Å². The van der Waals surface area contributed by atoms with Crippen molar-refractivity contribution < 1.29 is 19.2 Å². The molecule has 3 amide bonds. The summed E-state index contributed by atoms with van der Waals surface area (Å²) in [7, 11) is 0. The highest BCUT2D eigenvalue weighted by Crippen LogP contribution is 2.52. The van der Waals surface area contributed by atoms with Crippen molar-refractivity contribution in [2.24, 2.45) is 38.2 Å². The van der Waals surface area contributed by atoms with Gasteiger partial charge in [0.05, 0.1) is 24.0 Å². The highest BCUT2D eigenvalue weighted by atomic mass is 79.9. The number of aromatic nitrogens is 7. The van der Waals surface area contributed by atoms with Crippen molar-refractivity contribution in [3.05, 3.63) is 128 Å². The summed E-state index contributed by atoms with van der Waals surface area (Å²) >= 11 is 24.5. The lowest BCUT2D eigenvalue weighted by Crippen LogP contribution is -2.63. The lowest BCUT2D eigenvalue weighted by Gasteiger charge is -2.51. The highest BCUT2D eigenvalue weighted by Gasteiger charge is 2.60. The second-order valence-electron chi connectivity index (χ2n) is 24.3. The van der Waals surface area contributed by atoms with Crippen LogP contribution < -0.4 is 44.1 Å². The minimum Gasteiger partial charge on any atom is -0.384 e. The van der Waals surface area contributed by atoms with Crippen LogP contribution in [0.3, 0.4) is 0 Å². The Kier molecular flexibility index (Phi) is 20.4. The lowest BCUT2D eigenvalue weighted by atomic mass is 9.66. The fourth-order valence-electron chi connectivity index (χ4n) is 9.78. The highest BCUT2D eigenvalue weighted by molar-refractivity contribution is 9.10. The molecule has 5 aromatic heterocycles. The molecule has 0 bridgehead atoms. The molecule has 0 fully saturated rings. The van der Waals surface area contributed by atoms with Gasteiger partial charge in [0, 0.05) is 44.9 Å². The third-order valence-electron chi connectivity index (χ3n) is 12.3. The summed E-state index contributed by atoms with van der Waals surface area (Å²) in [5, 5.41) is 9.70. The molecule has 0 aliphatic carbocycles. The number of nitrogen functional groups attached to an aromatic ring is 1. The smallest absolute Gasteiger partial charge is 0.276 e. The number of Topliss-reactive ketones (excluding diaryl/α,β-unsaturated/α-hetero) is 1. The zero-order chi connectivity index (χ0) is 59.6. The second kappa shape index (κ2) is 23.9. The van der Waals surface area contributed by atoms with E-state index in [1.54, 1.807) is 24.5 Å². The third kappa shape index (κ3) is 14.2. The Morgan fingerprint density at radius 1 is 0.597 bits per heavy atom. The first kappa shape index (κ1) is 65.8. The van der Waals surface area contributed by atoms with Crippen molar-refractivity contribution in [1.82, 2.24) is 44.7 Å². The van der Waals surface area contributed by atoms with E-state index >= 15 is 0 Å². The molecule has 7 heterocycles. The van der Waals surface area contributed by atoms with Crippen LogP contribution in [0, 0.1) is 32.5 Å². The first-order valence-electron chi connectivity index (χ1n) is 24.0. The molecule has 7 rings (SSSR count). The summed E-state index contributed by atoms with van der Waals surface area (Å²) in [4.78, 5) is 102. The van der Waals surface area contributed by atoms with Crippen molar-refractivity contribution in [2.45, 2.75) is 136 Å². The van der Waals surface area contributed by atoms with Gasteiger partial charge in [0.1, 0.15) is 64.2 Å². The number of hydrogen-bond donors (Lipinski definition) is 6. The molecule has 77 heavy (non-hydrogen) atoms. The topological polar surface area (TPSA) is 285 Å². The number of halogens is 5. The molecule has 5 aromatic rings. The monoisotopic (exact) mass is 1250 g/mol. The standard InChI is InChI=1S/C19H24ClN5O2.C15H20BrClN2O2.C9H18O.C6H4BrClN2O2.C4H5N3/c1-17(2,3)19(18(4,5)6)24-15(26)14-11(20)9-12(16(27)25(14)19)23-13-7-8-21-10-22-13;1-13(2,3)15(14(4,5)6)18-11(20)10-9(17)7-8(16)12(21)19(10)15;1-8(2,3)7(10)9(4,5)6;7-2-1-3(8)4(5(9)11)10-6(2)12;5-4-1-2-6-3-7-4/h7-10H,1-6H3,(H,24,26)(H,21,22,23);7H,1-6H3,(H,18,20);1-6H3;1H,(H2,9,11)(H,10,12);1-3H,(H2,5,6,7). The molecule has 24 heteroatoms.